The van der Waals surface area contributed by atoms with Gasteiger partial charge in [0, 0.05) is 18.9 Å². The van der Waals surface area contributed by atoms with E-state index in [2.05, 4.69) is 66.5 Å². The van der Waals surface area contributed by atoms with E-state index in [0.717, 1.165) is 35.3 Å². The Morgan fingerprint density at radius 1 is 1.04 bits per heavy atom. The summed E-state index contributed by atoms with van der Waals surface area (Å²) < 4.78 is 54.8. The third-order valence-corrected chi connectivity index (χ3v) is 7.06. The second-order valence-electron chi connectivity index (χ2n) is 12.0. The van der Waals surface area contributed by atoms with Crippen LogP contribution in [-0.2, 0) is 31.0 Å². The van der Waals surface area contributed by atoms with Gasteiger partial charge >= 0.3 is 6.18 Å². The lowest BCUT2D eigenvalue weighted by molar-refractivity contribution is -0.123. The first-order valence-electron chi connectivity index (χ1n) is 16.1. The highest BCUT2D eigenvalue weighted by Crippen LogP contribution is 2.32. The van der Waals surface area contributed by atoms with E-state index in [9.17, 15) is 23.1 Å². The number of ether oxygens (including phenoxy) is 3. The predicted octanol–water partition coefficient (Wildman–Crippen LogP) is 8.28. The van der Waals surface area contributed by atoms with Crippen LogP contribution in [0.3, 0.4) is 0 Å². The lowest BCUT2D eigenvalue weighted by Gasteiger charge is -2.26. The zero-order chi connectivity index (χ0) is 40.1. The molecule has 0 bridgehead atoms. The molecule has 284 valence electrons. The van der Waals surface area contributed by atoms with Crippen molar-refractivity contribution in [3.05, 3.63) is 94.3 Å². The Bertz CT molecular complexity index is 1490. The van der Waals surface area contributed by atoms with Gasteiger partial charge in [0.05, 0.1) is 37.8 Å². The van der Waals surface area contributed by atoms with Crippen molar-refractivity contribution in [2.24, 2.45) is 9.98 Å². The number of hydrogen-bond acceptors (Lipinski definition) is 6. The number of guanidine groups is 1. The van der Waals surface area contributed by atoms with Crippen LogP contribution in [0.15, 0.2) is 82.0 Å². The van der Waals surface area contributed by atoms with Crippen molar-refractivity contribution in [2.75, 3.05) is 27.4 Å². The summed E-state index contributed by atoms with van der Waals surface area (Å²) in [4.78, 5) is 21.4. The van der Waals surface area contributed by atoms with E-state index >= 15 is 0 Å². The van der Waals surface area contributed by atoms with Crippen molar-refractivity contribution in [3.63, 3.8) is 0 Å². The fourth-order valence-corrected chi connectivity index (χ4v) is 4.17. The molecule has 9 nitrogen and oxygen atoms in total. The monoisotopic (exact) mass is 718 g/mol. The van der Waals surface area contributed by atoms with Gasteiger partial charge in [-0.05, 0) is 82.7 Å². The molecule has 1 amide bonds. The zero-order valence-corrected chi connectivity index (χ0v) is 32.3. The Hall–Kier alpha value is -4.76. The topological polar surface area (TPSA) is 114 Å². The molecule has 0 unspecified atom stereocenters. The van der Waals surface area contributed by atoms with Gasteiger partial charge in [0.15, 0.2) is 12.5 Å². The van der Waals surface area contributed by atoms with Crippen molar-refractivity contribution < 1.29 is 37.3 Å². The molecule has 0 saturated carbocycles. The van der Waals surface area contributed by atoms with Crippen LogP contribution in [-0.4, -0.2) is 56.4 Å². The largest absolute Gasteiger partial charge is 0.488 e. The Labute approximate surface area is 303 Å². The number of nitrogens with one attached hydrogen (secondary N) is 2. The minimum absolute atomic E-state index is 0.0332. The first-order valence-corrected chi connectivity index (χ1v) is 16.1. The van der Waals surface area contributed by atoms with E-state index < -0.39 is 23.3 Å². The van der Waals surface area contributed by atoms with Gasteiger partial charge in [-0.3, -0.25) is 10.1 Å². The average Bonchev–Trinajstić information content (AvgIpc) is 3.07. The second-order valence-corrected chi connectivity index (χ2v) is 12.0. The van der Waals surface area contributed by atoms with Crippen molar-refractivity contribution >= 4 is 17.8 Å². The summed E-state index contributed by atoms with van der Waals surface area (Å²) in [5.74, 6) is 0.835. The molecule has 0 spiro atoms. The lowest BCUT2D eigenvalue weighted by atomic mass is 9.84. The number of amides is 1. The smallest absolute Gasteiger partial charge is 0.412 e. The van der Waals surface area contributed by atoms with E-state index in [0.29, 0.717) is 23.5 Å². The number of methoxy groups -OCH3 is 2. The van der Waals surface area contributed by atoms with E-state index in [1.807, 2.05) is 26.0 Å². The summed E-state index contributed by atoms with van der Waals surface area (Å²) in [7, 11) is 2.82. The maximum Gasteiger partial charge on any atom is 0.412 e. The molecule has 0 aliphatic heterocycles. The van der Waals surface area contributed by atoms with E-state index in [-0.39, 0.29) is 36.8 Å². The normalized spacial score (nSPS) is 13.6. The molecule has 0 saturated heterocycles. The molecule has 0 aliphatic rings. The number of aryl methyl sites for hydroxylation is 1. The molecule has 1 aromatic carbocycles. The summed E-state index contributed by atoms with van der Waals surface area (Å²) in [6.45, 7) is 23.2. The van der Waals surface area contributed by atoms with Gasteiger partial charge in [-0.2, -0.15) is 18.2 Å². The van der Waals surface area contributed by atoms with Crippen LogP contribution in [0.25, 0.3) is 0 Å². The molecular formula is C39H57F3N4O5. The Morgan fingerprint density at radius 2 is 1.63 bits per heavy atom. The molecular weight excluding hydrogens is 661 g/mol. The van der Waals surface area contributed by atoms with Gasteiger partial charge in [-0.25, -0.2) is 4.99 Å². The van der Waals surface area contributed by atoms with Gasteiger partial charge in [0.2, 0.25) is 11.8 Å². The number of halogens is 3. The van der Waals surface area contributed by atoms with Gasteiger partial charge in [-0.1, -0.05) is 43.7 Å². The maximum atomic E-state index is 12.9. The number of benzene rings is 1. The highest BCUT2D eigenvalue weighted by molar-refractivity contribution is 5.93. The van der Waals surface area contributed by atoms with Crippen molar-refractivity contribution in [1.82, 2.24) is 10.6 Å². The first-order chi connectivity index (χ1) is 23.7. The highest BCUT2D eigenvalue weighted by Gasteiger charge is 2.29. The second kappa shape index (κ2) is 23.6. The number of aliphatic hydroxyl groups is 1. The molecule has 0 radical (unpaired) electrons. The molecule has 0 heterocycles. The maximum absolute atomic E-state index is 12.9. The predicted molar refractivity (Wildman–Crippen MR) is 202 cm³/mol. The minimum atomic E-state index is -4.41. The number of hydrogen-bond donors (Lipinski definition) is 3. The van der Waals surface area contributed by atoms with Crippen LogP contribution in [0.4, 0.5) is 13.2 Å². The van der Waals surface area contributed by atoms with Crippen molar-refractivity contribution in [1.29, 1.82) is 0 Å². The molecule has 1 aromatic rings. The molecule has 0 aliphatic carbocycles. The zero-order valence-electron chi connectivity index (χ0n) is 32.3. The molecule has 1 rings (SSSR count). The van der Waals surface area contributed by atoms with Gasteiger partial charge in [0.1, 0.15) is 0 Å². The van der Waals surface area contributed by atoms with Crippen LogP contribution in [0.1, 0.15) is 90.5 Å². The van der Waals surface area contributed by atoms with Crippen LogP contribution in [0.2, 0.25) is 0 Å². The Morgan fingerprint density at radius 3 is 2.10 bits per heavy atom. The van der Waals surface area contributed by atoms with Crippen molar-refractivity contribution in [3.8, 4) is 12.8 Å². The SMILES string of the molecule is C#C.C/C=C(/Cc1cc(C(C)C)c(C(C)(C)O)cc1C)OCC(=O)N/C(C)=C(/NC(=NC/C(C)=C/C=C(\C)C(F)(F)F)/N=C(\C)OC)OC.C=C. The standard InChI is InChI=1S/C35H51F3N4O5.C2H4.C2H2/c1-13-28(17-27-18-29(21(2)3)30(16-23(27)5)34(9,10)44)47-20-31(43)40-25(7)32(46-12)42-33(41-26(8)45-11)39-19-22(4)14-15-24(6)35(36,37)38;2*1-2/h13-16,18,21,44H,17,19-20H2,1-12H3,(H,39,42)(H,40,43);1-2H2;1-2H/b22-14+,24-15+,28-13-,32-25-,41-26+;;. The summed E-state index contributed by atoms with van der Waals surface area (Å²) in [6, 6.07) is 4.10. The molecule has 0 atom stereocenters. The van der Waals surface area contributed by atoms with Crippen molar-refractivity contribution in [2.45, 2.75) is 93.4 Å². The number of terminal acetylenes is 1. The number of carbonyl (C=O) groups is 1. The number of nitrogens with zero attached hydrogens (tertiary/aromatic N) is 2. The van der Waals surface area contributed by atoms with Crippen LogP contribution in [0, 0.1) is 19.8 Å². The lowest BCUT2D eigenvalue weighted by Crippen LogP contribution is -2.32. The number of carbonyl (C=O) groups excluding carboxylic acids is 1. The molecule has 0 fully saturated rings. The fraction of sp³-hybridized carbons (Fsp3) is 0.462. The van der Waals surface area contributed by atoms with Crippen LogP contribution in [0.5, 0.6) is 0 Å². The van der Waals surface area contributed by atoms with Crippen LogP contribution >= 0.6 is 0 Å². The van der Waals surface area contributed by atoms with Gasteiger partial charge in [-0.15, -0.1) is 26.0 Å². The van der Waals surface area contributed by atoms with E-state index in [1.165, 1.54) is 20.3 Å². The molecule has 3 N–H and O–H groups in total. The summed E-state index contributed by atoms with van der Waals surface area (Å²) in [5, 5.41) is 16.3. The van der Waals surface area contributed by atoms with Gasteiger partial charge < -0.3 is 24.6 Å². The summed E-state index contributed by atoms with van der Waals surface area (Å²) in [6.07, 6.45) is 8.20. The summed E-state index contributed by atoms with van der Waals surface area (Å²) >= 11 is 0. The fourth-order valence-electron chi connectivity index (χ4n) is 4.17. The quantitative estimate of drug-likeness (QED) is 0.0473. The summed E-state index contributed by atoms with van der Waals surface area (Å²) in [5.41, 5.74) is 3.14. The minimum Gasteiger partial charge on any atom is -0.488 e. The van der Waals surface area contributed by atoms with E-state index in [4.69, 9.17) is 14.2 Å². The number of alkyl halides is 3. The molecule has 12 heteroatoms. The highest BCUT2D eigenvalue weighted by atomic mass is 19.4. The van der Waals surface area contributed by atoms with Gasteiger partial charge in [0.25, 0.3) is 5.91 Å². The number of allylic oxidation sites excluding steroid dienone is 6. The van der Waals surface area contributed by atoms with E-state index in [1.54, 1.807) is 34.6 Å². The third kappa shape index (κ3) is 18.2. The van der Waals surface area contributed by atoms with Crippen LogP contribution < -0.4 is 10.6 Å². The molecule has 0 aromatic heterocycles. The Kier molecular flexibility index (Phi) is 22.4. The third-order valence-electron chi connectivity index (χ3n) is 7.06. The number of aliphatic imine (C=N–C) groups is 2. The Balaban J connectivity index is 0. The molecule has 51 heavy (non-hydrogen) atoms. The number of rotatable bonds is 13. The first kappa shape index (κ1) is 48.4. The average molecular weight is 719 g/mol.